The van der Waals surface area contributed by atoms with E-state index in [4.69, 9.17) is 14.2 Å². The van der Waals surface area contributed by atoms with Crippen LogP contribution in [0.3, 0.4) is 0 Å². The summed E-state index contributed by atoms with van der Waals surface area (Å²) in [6.45, 7) is 5.36. The van der Waals surface area contributed by atoms with Crippen molar-refractivity contribution in [3.05, 3.63) is 88.5 Å². The predicted molar refractivity (Wildman–Crippen MR) is 172 cm³/mol. The molecule has 0 aromatic heterocycles. The van der Waals surface area contributed by atoms with Gasteiger partial charge in [-0.25, -0.2) is 0 Å². The lowest BCUT2D eigenvalue weighted by Crippen LogP contribution is -2.69. The molecule has 0 N–H and O–H groups in total. The number of likely N-dealkylation sites (N-methyl/N-ethyl adjacent to an activating group) is 1. The molecular formula is C38H40N2O5. The Morgan fingerprint density at radius 3 is 2.67 bits per heavy atom. The van der Waals surface area contributed by atoms with Crippen molar-refractivity contribution in [3.63, 3.8) is 0 Å². The number of methoxy groups -OCH3 is 1. The van der Waals surface area contributed by atoms with Crippen molar-refractivity contribution >= 4 is 11.9 Å². The number of benzene rings is 3. The maximum Gasteiger partial charge on any atom is 0.308 e. The Kier molecular flexibility index (Phi) is 7.57. The number of amides is 1. The first-order chi connectivity index (χ1) is 21.8. The zero-order valence-corrected chi connectivity index (χ0v) is 26.5. The Hall–Kier alpha value is -4.28. The van der Waals surface area contributed by atoms with E-state index in [1.54, 1.807) is 12.0 Å². The number of likely N-dealkylation sites (tertiary alicyclic amines) is 1. The highest BCUT2D eigenvalue weighted by molar-refractivity contribution is 5.94. The number of carbonyl (C=O) groups is 2. The fraction of sp³-hybridized carbons (Fsp3) is 0.421. The average Bonchev–Trinajstić information content (AvgIpc) is 3.38. The minimum atomic E-state index is -0.353. The zero-order chi connectivity index (χ0) is 31.3. The van der Waals surface area contributed by atoms with Gasteiger partial charge in [-0.05, 0) is 74.8 Å². The van der Waals surface area contributed by atoms with E-state index in [2.05, 4.69) is 47.1 Å². The summed E-state index contributed by atoms with van der Waals surface area (Å²) in [5.41, 5.74) is 5.12. The first kappa shape index (κ1) is 29.4. The van der Waals surface area contributed by atoms with Gasteiger partial charge in [0.15, 0.2) is 11.5 Å². The Bertz CT molecular complexity index is 1710. The van der Waals surface area contributed by atoms with Crippen LogP contribution in [-0.2, 0) is 27.8 Å². The van der Waals surface area contributed by atoms with Crippen LogP contribution in [0.2, 0.25) is 0 Å². The van der Waals surface area contributed by atoms with Gasteiger partial charge in [0.2, 0.25) is 0 Å². The molecule has 2 bridgehead atoms. The van der Waals surface area contributed by atoms with Crippen LogP contribution in [0.1, 0.15) is 54.0 Å². The van der Waals surface area contributed by atoms with E-state index in [9.17, 15) is 9.59 Å². The number of carbonyl (C=O) groups excluding carboxylic acids is 2. The van der Waals surface area contributed by atoms with Crippen molar-refractivity contribution in [1.82, 2.24) is 9.80 Å². The van der Waals surface area contributed by atoms with E-state index in [0.29, 0.717) is 17.4 Å². The van der Waals surface area contributed by atoms with Crippen molar-refractivity contribution in [1.29, 1.82) is 0 Å². The van der Waals surface area contributed by atoms with Crippen LogP contribution in [-0.4, -0.2) is 67.1 Å². The molecule has 3 aromatic rings. The standard InChI is InChI=1S/C38H40N2O5/c1-24-9-8-12-27(21-24)13-16-34(42)39(3)30-15-14-29-31-22-28-32(44-25(2)41)23-33(43-4)36-35(28)38(29,37(30)45-36)18-20-40(31)19-17-26-10-6-5-7-11-26/h5-12,21,23,29-31,37H,14-15,17-20,22H2,1-4H3/t29-,30-,31+,37-,38-/m0/s1. The molecule has 2 aliphatic heterocycles. The Morgan fingerprint density at radius 2 is 1.91 bits per heavy atom. The van der Waals surface area contributed by atoms with Crippen LogP contribution in [0.15, 0.2) is 60.7 Å². The van der Waals surface area contributed by atoms with Crippen molar-refractivity contribution in [3.8, 4) is 29.1 Å². The van der Waals surface area contributed by atoms with Gasteiger partial charge < -0.3 is 19.1 Å². The number of aryl methyl sites for hydroxylation is 1. The van der Waals surface area contributed by atoms with E-state index in [1.807, 2.05) is 44.3 Å². The summed E-state index contributed by atoms with van der Waals surface area (Å²) < 4.78 is 18.7. The van der Waals surface area contributed by atoms with Crippen molar-refractivity contribution in [2.45, 2.75) is 69.6 Å². The Balaban J connectivity index is 1.26. The molecule has 7 rings (SSSR count). The molecule has 2 aliphatic carbocycles. The van der Waals surface area contributed by atoms with Crippen molar-refractivity contribution in [2.24, 2.45) is 5.92 Å². The molecule has 4 aliphatic rings. The maximum absolute atomic E-state index is 13.6. The molecule has 2 fully saturated rings. The maximum atomic E-state index is 13.6. The van der Waals surface area contributed by atoms with Gasteiger partial charge in [-0.3, -0.25) is 14.5 Å². The molecule has 1 spiro atoms. The number of rotatable bonds is 6. The van der Waals surface area contributed by atoms with Crippen LogP contribution in [0.4, 0.5) is 0 Å². The Morgan fingerprint density at radius 1 is 1.09 bits per heavy atom. The van der Waals surface area contributed by atoms with Gasteiger partial charge in [0, 0.05) is 60.7 Å². The molecular weight excluding hydrogens is 564 g/mol. The summed E-state index contributed by atoms with van der Waals surface area (Å²) >= 11 is 0. The molecule has 1 amide bonds. The third-order valence-corrected chi connectivity index (χ3v) is 10.6. The molecule has 0 unspecified atom stereocenters. The highest BCUT2D eigenvalue weighted by atomic mass is 16.5. The molecule has 7 heteroatoms. The van der Waals surface area contributed by atoms with E-state index in [0.717, 1.165) is 73.2 Å². The van der Waals surface area contributed by atoms with E-state index in [1.165, 1.54) is 12.5 Å². The quantitative estimate of drug-likeness (QED) is 0.222. The van der Waals surface area contributed by atoms with Gasteiger partial charge in [-0.1, -0.05) is 48.4 Å². The first-order valence-corrected chi connectivity index (χ1v) is 16.0. The van der Waals surface area contributed by atoms with E-state index < -0.39 is 0 Å². The molecule has 1 saturated carbocycles. The molecule has 7 nitrogen and oxygen atoms in total. The minimum Gasteiger partial charge on any atom is -0.493 e. The highest BCUT2D eigenvalue weighted by Gasteiger charge is 2.67. The molecule has 3 aromatic carbocycles. The van der Waals surface area contributed by atoms with Gasteiger partial charge in [0.1, 0.15) is 11.9 Å². The van der Waals surface area contributed by atoms with E-state index >= 15 is 0 Å². The number of nitrogens with zero attached hydrogens (tertiary/aromatic N) is 2. The fourth-order valence-corrected chi connectivity index (χ4v) is 8.71. The molecule has 2 heterocycles. The van der Waals surface area contributed by atoms with Crippen LogP contribution in [0.25, 0.3) is 0 Å². The summed E-state index contributed by atoms with van der Waals surface area (Å²) in [7, 11) is 3.49. The fourth-order valence-electron chi connectivity index (χ4n) is 8.71. The second-order valence-electron chi connectivity index (χ2n) is 13.0. The number of hydrogen-bond donors (Lipinski definition) is 0. The van der Waals surface area contributed by atoms with E-state index in [-0.39, 0.29) is 35.5 Å². The average molecular weight is 605 g/mol. The third kappa shape index (κ3) is 4.96. The lowest BCUT2D eigenvalue weighted by Gasteiger charge is -2.60. The summed E-state index contributed by atoms with van der Waals surface area (Å²) in [5.74, 6) is 7.63. The van der Waals surface area contributed by atoms with Crippen LogP contribution < -0.4 is 14.2 Å². The number of ether oxygens (including phenoxy) is 3. The molecule has 0 radical (unpaired) electrons. The summed E-state index contributed by atoms with van der Waals surface area (Å²) in [5, 5.41) is 0. The second kappa shape index (κ2) is 11.6. The highest BCUT2D eigenvalue weighted by Crippen LogP contribution is 2.65. The van der Waals surface area contributed by atoms with Gasteiger partial charge in [0.05, 0.1) is 13.2 Å². The van der Waals surface area contributed by atoms with Crippen molar-refractivity contribution < 1.29 is 23.8 Å². The lowest BCUT2D eigenvalue weighted by molar-refractivity contribution is -0.135. The third-order valence-electron chi connectivity index (χ3n) is 10.6. The second-order valence-corrected chi connectivity index (χ2v) is 13.0. The lowest BCUT2D eigenvalue weighted by atomic mass is 9.50. The van der Waals surface area contributed by atoms with Crippen LogP contribution in [0.5, 0.6) is 17.2 Å². The zero-order valence-electron chi connectivity index (χ0n) is 26.5. The molecule has 232 valence electrons. The first-order valence-electron chi connectivity index (χ1n) is 16.0. The minimum absolute atomic E-state index is 0.155. The number of esters is 1. The summed E-state index contributed by atoms with van der Waals surface area (Å²) in [6, 6.07) is 20.5. The van der Waals surface area contributed by atoms with Crippen LogP contribution in [0, 0.1) is 24.7 Å². The molecule has 5 atom stereocenters. The SMILES string of the molecule is COc1cc(OC(C)=O)c2c3c1O[C@H]1[C@@H](N(C)C(=O)C#Cc4cccc(C)c4)CC[C@H]4[C@@H](C2)N(CCc2ccccc2)CC[C@@]341. The molecule has 1 saturated heterocycles. The number of piperidine rings is 1. The monoisotopic (exact) mass is 604 g/mol. The predicted octanol–water partition coefficient (Wildman–Crippen LogP) is 5.09. The van der Waals surface area contributed by atoms with Crippen LogP contribution >= 0.6 is 0 Å². The Labute approximate surface area is 265 Å². The topological polar surface area (TPSA) is 68.3 Å². The molecule has 45 heavy (non-hydrogen) atoms. The van der Waals surface area contributed by atoms with Gasteiger partial charge >= 0.3 is 5.97 Å². The summed E-state index contributed by atoms with van der Waals surface area (Å²) in [4.78, 5) is 30.3. The smallest absolute Gasteiger partial charge is 0.308 e. The van der Waals surface area contributed by atoms with Crippen molar-refractivity contribution in [2.75, 3.05) is 27.2 Å². The normalized spacial score (nSPS) is 25.7. The van der Waals surface area contributed by atoms with Gasteiger partial charge in [-0.2, -0.15) is 0 Å². The largest absolute Gasteiger partial charge is 0.493 e. The van der Waals surface area contributed by atoms with Gasteiger partial charge in [-0.15, -0.1) is 0 Å². The van der Waals surface area contributed by atoms with Gasteiger partial charge in [0.25, 0.3) is 5.91 Å². The number of hydrogen-bond acceptors (Lipinski definition) is 6. The summed E-state index contributed by atoms with van der Waals surface area (Å²) in [6.07, 6.45) is 4.21.